The van der Waals surface area contributed by atoms with Gasteiger partial charge in [0.25, 0.3) is 0 Å². The topological polar surface area (TPSA) is 66.5 Å². The number of nitrogens with zero attached hydrogens (tertiary/aromatic N) is 1. The summed E-state index contributed by atoms with van der Waals surface area (Å²) in [5.74, 6) is -1.73. The molecule has 0 bridgehead atoms. The molecule has 0 heterocycles. The number of amides is 1. The van der Waals surface area contributed by atoms with Crippen molar-refractivity contribution in [2.75, 3.05) is 23.7 Å². The summed E-state index contributed by atoms with van der Waals surface area (Å²) in [4.78, 5) is 12.0. The van der Waals surface area contributed by atoms with Gasteiger partial charge in [0.05, 0.1) is 11.9 Å². The van der Waals surface area contributed by atoms with E-state index in [-0.39, 0.29) is 24.6 Å². The van der Waals surface area contributed by atoms with Gasteiger partial charge in [0.1, 0.15) is 0 Å². The first-order valence-corrected chi connectivity index (χ1v) is 10.8. The highest BCUT2D eigenvalue weighted by Gasteiger charge is 2.19. The van der Waals surface area contributed by atoms with Crippen molar-refractivity contribution in [2.24, 2.45) is 5.92 Å². The zero-order valence-electron chi connectivity index (χ0n) is 15.0. The van der Waals surface area contributed by atoms with Crippen LogP contribution in [-0.4, -0.2) is 33.7 Å². The van der Waals surface area contributed by atoms with Gasteiger partial charge in [0, 0.05) is 25.6 Å². The van der Waals surface area contributed by atoms with Crippen LogP contribution in [0.4, 0.5) is 14.5 Å². The quantitative estimate of drug-likeness (QED) is 0.744. The van der Waals surface area contributed by atoms with Crippen LogP contribution in [0.1, 0.15) is 44.9 Å². The van der Waals surface area contributed by atoms with Crippen molar-refractivity contribution in [2.45, 2.75) is 44.9 Å². The first kappa shape index (κ1) is 20.6. The number of rotatable bonds is 8. The minimum Gasteiger partial charge on any atom is -0.356 e. The van der Waals surface area contributed by atoms with Gasteiger partial charge in [-0.3, -0.25) is 9.10 Å². The first-order chi connectivity index (χ1) is 12.3. The van der Waals surface area contributed by atoms with Gasteiger partial charge < -0.3 is 5.32 Å². The van der Waals surface area contributed by atoms with Gasteiger partial charge in [-0.05, 0) is 37.3 Å². The Bertz CT molecular complexity index is 719. The molecule has 1 aromatic carbocycles. The summed E-state index contributed by atoms with van der Waals surface area (Å²) in [6.45, 7) is 0.693. The number of sulfonamides is 1. The van der Waals surface area contributed by atoms with E-state index in [2.05, 4.69) is 5.32 Å². The average Bonchev–Trinajstić information content (AvgIpc) is 2.59. The van der Waals surface area contributed by atoms with Crippen molar-refractivity contribution < 1.29 is 22.0 Å². The van der Waals surface area contributed by atoms with E-state index in [9.17, 15) is 22.0 Å². The maximum absolute atomic E-state index is 13.4. The third-order valence-electron chi connectivity index (χ3n) is 4.67. The lowest BCUT2D eigenvalue weighted by Crippen LogP contribution is -2.33. The molecule has 0 spiro atoms. The van der Waals surface area contributed by atoms with E-state index in [0.717, 1.165) is 35.5 Å². The summed E-state index contributed by atoms with van der Waals surface area (Å²) >= 11 is 0. The van der Waals surface area contributed by atoms with E-state index in [0.29, 0.717) is 18.9 Å². The Morgan fingerprint density at radius 1 is 1.19 bits per heavy atom. The van der Waals surface area contributed by atoms with Crippen LogP contribution in [0.15, 0.2) is 18.2 Å². The van der Waals surface area contributed by atoms with E-state index in [1.54, 1.807) is 0 Å². The summed E-state index contributed by atoms with van der Waals surface area (Å²) in [5, 5.41) is 2.90. The molecule has 8 heteroatoms. The minimum absolute atomic E-state index is 0.0285. The van der Waals surface area contributed by atoms with Crippen molar-refractivity contribution in [3.05, 3.63) is 29.8 Å². The molecule has 1 amide bonds. The van der Waals surface area contributed by atoms with Crippen molar-refractivity contribution in [1.82, 2.24) is 5.32 Å². The highest BCUT2D eigenvalue weighted by Crippen LogP contribution is 2.23. The van der Waals surface area contributed by atoms with Crippen LogP contribution in [0.25, 0.3) is 0 Å². The number of benzene rings is 1. The second-order valence-electron chi connectivity index (χ2n) is 6.85. The molecule has 2 rings (SSSR count). The number of hydrogen-bond acceptors (Lipinski definition) is 3. The number of nitrogens with one attached hydrogen (secondary N) is 1. The molecule has 1 N–H and O–H groups in total. The number of anilines is 1. The summed E-state index contributed by atoms with van der Waals surface area (Å²) < 4.78 is 51.3. The van der Waals surface area contributed by atoms with Crippen molar-refractivity contribution >= 4 is 21.6 Å². The van der Waals surface area contributed by atoms with Gasteiger partial charge in [-0.2, -0.15) is 0 Å². The number of carbonyl (C=O) groups excluding carboxylic acids is 1. The molecule has 0 aromatic heterocycles. The van der Waals surface area contributed by atoms with Gasteiger partial charge >= 0.3 is 0 Å². The molecule has 0 radical (unpaired) electrons. The fraction of sp³-hybridized carbons (Fsp3) is 0.611. The monoisotopic (exact) mass is 388 g/mol. The molecule has 5 nitrogen and oxygen atoms in total. The van der Waals surface area contributed by atoms with Crippen molar-refractivity contribution in [3.8, 4) is 0 Å². The molecule has 1 fully saturated rings. The Labute approximate surface area is 153 Å². The SMILES string of the molecule is CS(=O)(=O)N(CCCC(=O)NCC1CCCCC1)c1ccc(F)c(F)c1. The Hall–Kier alpha value is -1.70. The second kappa shape index (κ2) is 9.30. The fourth-order valence-corrected chi connectivity index (χ4v) is 4.20. The maximum atomic E-state index is 13.4. The lowest BCUT2D eigenvalue weighted by Gasteiger charge is -2.23. The highest BCUT2D eigenvalue weighted by atomic mass is 32.2. The van der Waals surface area contributed by atoms with Crippen LogP contribution in [0, 0.1) is 17.6 Å². The zero-order chi connectivity index (χ0) is 19.2. The maximum Gasteiger partial charge on any atom is 0.232 e. The van der Waals surface area contributed by atoms with E-state index in [1.165, 1.54) is 25.3 Å². The molecule has 0 saturated heterocycles. The molecule has 146 valence electrons. The van der Waals surface area contributed by atoms with Crippen molar-refractivity contribution in [1.29, 1.82) is 0 Å². The minimum atomic E-state index is -3.66. The largest absolute Gasteiger partial charge is 0.356 e. The molecule has 26 heavy (non-hydrogen) atoms. The molecular weight excluding hydrogens is 362 g/mol. The third-order valence-corrected chi connectivity index (χ3v) is 5.86. The Balaban J connectivity index is 1.85. The Kier molecular flexibility index (Phi) is 7.37. The lowest BCUT2D eigenvalue weighted by atomic mass is 9.89. The second-order valence-corrected chi connectivity index (χ2v) is 8.75. The average molecular weight is 388 g/mol. The predicted octanol–water partition coefficient (Wildman–Crippen LogP) is 3.21. The van der Waals surface area contributed by atoms with Gasteiger partial charge in [-0.15, -0.1) is 0 Å². The summed E-state index contributed by atoms with van der Waals surface area (Å²) in [7, 11) is -3.66. The van der Waals surface area contributed by atoms with Crippen LogP contribution in [0.2, 0.25) is 0 Å². The van der Waals surface area contributed by atoms with Crippen LogP contribution in [-0.2, 0) is 14.8 Å². The molecule has 0 aliphatic heterocycles. The van der Waals surface area contributed by atoms with Crippen LogP contribution >= 0.6 is 0 Å². The first-order valence-electron chi connectivity index (χ1n) is 8.97. The molecule has 1 aliphatic rings. The van der Waals surface area contributed by atoms with E-state index < -0.39 is 21.7 Å². The van der Waals surface area contributed by atoms with E-state index in [4.69, 9.17) is 0 Å². The highest BCUT2D eigenvalue weighted by molar-refractivity contribution is 7.92. The third kappa shape index (κ3) is 6.23. The summed E-state index contributed by atoms with van der Waals surface area (Å²) in [6.07, 6.45) is 7.42. The number of carbonyl (C=O) groups is 1. The molecule has 1 aromatic rings. The summed E-state index contributed by atoms with van der Waals surface area (Å²) in [5.41, 5.74) is 0.0500. The normalized spacial score (nSPS) is 15.7. The molecule has 0 atom stereocenters. The van der Waals surface area contributed by atoms with Crippen LogP contribution in [0.5, 0.6) is 0 Å². The van der Waals surface area contributed by atoms with Gasteiger partial charge in [-0.25, -0.2) is 17.2 Å². The smallest absolute Gasteiger partial charge is 0.232 e. The number of hydrogen-bond donors (Lipinski definition) is 1. The van der Waals surface area contributed by atoms with Gasteiger partial charge in [0.15, 0.2) is 11.6 Å². The predicted molar refractivity (Wildman–Crippen MR) is 97.4 cm³/mol. The van der Waals surface area contributed by atoms with E-state index >= 15 is 0 Å². The Morgan fingerprint density at radius 3 is 2.50 bits per heavy atom. The molecular formula is C18H26F2N2O3S. The lowest BCUT2D eigenvalue weighted by molar-refractivity contribution is -0.121. The van der Waals surface area contributed by atoms with Crippen LogP contribution < -0.4 is 9.62 Å². The Morgan fingerprint density at radius 2 is 1.88 bits per heavy atom. The molecule has 0 unspecified atom stereocenters. The summed E-state index contributed by atoms with van der Waals surface area (Å²) in [6, 6.07) is 2.95. The molecule has 1 saturated carbocycles. The molecule has 1 aliphatic carbocycles. The standard InChI is InChI=1S/C18H26F2N2O3S/c1-26(24,25)22(15-9-10-16(19)17(20)12-15)11-5-8-18(23)21-13-14-6-3-2-4-7-14/h9-10,12,14H,2-8,11,13H2,1H3,(H,21,23). The number of halogens is 2. The van der Waals surface area contributed by atoms with Crippen LogP contribution in [0.3, 0.4) is 0 Å². The zero-order valence-corrected chi connectivity index (χ0v) is 15.8. The van der Waals surface area contributed by atoms with Gasteiger partial charge in [-0.1, -0.05) is 19.3 Å². The van der Waals surface area contributed by atoms with Gasteiger partial charge in [0.2, 0.25) is 15.9 Å². The van der Waals surface area contributed by atoms with E-state index in [1.807, 2.05) is 0 Å². The van der Waals surface area contributed by atoms with Crippen molar-refractivity contribution in [3.63, 3.8) is 0 Å². The fourth-order valence-electron chi connectivity index (χ4n) is 3.25.